The van der Waals surface area contributed by atoms with Crippen molar-refractivity contribution in [1.82, 2.24) is 15.5 Å². The number of halogens is 2. The number of rotatable bonds is 2. The summed E-state index contributed by atoms with van der Waals surface area (Å²) in [5.74, 6) is 0.925. The molecule has 16 heavy (non-hydrogen) atoms. The first-order chi connectivity index (χ1) is 7.29. The molecule has 1 aromatic heterocycles. The Bertz CT molecular complexity index is 309. The maximum absolute atomic E-state index is 5.69. The van der Waals surface area contributed by atoms with Gasteiger partial charge >= 0.3 is 0 Å². The van der Waals surface area contributed by atoms with Gasteiger partial charge in [0.05, 0.1) is 0 Å². The zero-order chi connectivity index (χ0) is 10.7. The van der Waals surface area contributed by atoms with Crippen molar-refractivity contribution in [1.29, 1.82) is 0 Å². The second kappa shape index (κ2) is 6.23. The largest absolute Gasteiger partial charge is 0.355 e. The lowest BCUT2D eigenvalue weighted by Crippen LogP contribution is -2.41. The fourth-order valence-corrected chi connectivity index (χ4v) is 1.98. The highest BCUT2D eigenvalue weighted by Gasteiger charge is 2.18. The van der Waals surface area contributed by atoms with Gasteiger partial charge in [-0.2, -0.15) is 0 Å². The van der Waals surface area contributed by atoms with Crippen LogP contribution < -0.4 is 10.2 Å². The number of hydrogen-bond acceptors (Lipinski definition) is 4. The highest BCUT2D eigenvalue weighted by molar-refractivity contribution is 6.29. The van der Waals surface area contributed by atoms with Crippen LogP contribution in [-0.2, 0) is 0 Å². The van der Waals surface area contributed by atoms with E-state index in [0.717, 1.165) is 31.7 Å². The molecular weight excluding hydrogens is 247 g/mol. The summed E-state index contributed by atoms with van der Waals surface area (Å²) in [4.78, 5) is 2.25. The molecule has 0 radical (unpaired) electrons. The molecule has 0 saturated carbocycles. The molecule has 1 aromatic rings. The van der Waals surface area contributed by atoms with Gasteiger partial charge in [-0.25, -0.2) is 0 Å². The van der Waals surface area contributed by atoms with Crippen LogP contribution in [0, 0.1) is 0 Å². The Balaban J connectivity index is 0.00000128. The molecule has 0 unspecified atom stereocenters. The third-order valence-electron chi connectivity index (χ3n) is 2.85. The van der Waals surface area contributed by atoms with E-state index in [9.17, 15) is 0 Å². The Hall–Kier alpha value is -0.580. The van der Waals surface area contributed by atoms with Gasteiger partial charge in [0.1, 0.15) is 0 Å². The van der Waals surface area contributed by atoms with Gasteiger partial charge in [0.2, 0.25) is 0 Å². The average Bonchev–Trinajstić information content (AvgIpc) is 2.30. The summed E-state index contributed by atoms with van der Waals surface area (Å²) in [5, 5.41) is 11.7. The Kier molecular flexibility index (Phi) is 5.25. The molecule has 1 saturated heterocycles. The molecule has 0 atom stereocenters. The van der Waals surface area contributed by atoms with Gasteiger partial charge in [-0.05, 0) is 32.0 Å². The molecule has 1 fully saturated rings. The summed E-state index contributed by atoms with van der Waals surface area (Å²) < 4.78 is 0. The monoisotopic (exact) mass is 262 g/mol. The number of nitrogens with zero attached hydrogens (tertiary/aromatic N) is 3. The minimum absolute atomic E-state index is 0. The quantitative estimate of drug-likeness (QED) is 0.882. The lowest BCUT2D eigenvalue weighted by molar-refractivity contribution is 0.440. The second-order valence-corrected chi connectivity index (χ2v) is 4.15. The Morgan fingerprint density at radius 1 is 1.31 bits per heavy atom. The van der Waals surface area contributed by atoms with Gasteiger partial charge in [0.15, 0.2) is 11.0 Å². The van der Waals surface area contributed by atoms with Crippen molar-refractivity contribution in [2.24, 2.45) is 0 Å². The molecule has 1 aliphatic rings. The zero-order valence-electron chi connectivity index (χ0n) is 9.19. The smallest absolute Gasteiger partial charge is 0.151 e. The van der Waals surface area contributed by atoms with Crippen LogP contribution in [0.4, 0.5) is 5.82 Å². The van der Waals surface area contributed by atoms with E-state index in [-0.39, 0.29) is 12.4 Å². The van der Waals surface area contributed by atoms with Crippen LogP contribution in [-0.4, -0.2) is 36.4 Å². The summed E-state index contributed by atoms with van der Waals surface area (Å²) in [6.07, 6.45) is 2.31. The molecule has 4 nitrogen and oxygen atoms in total. The fraction of sp³-hybridized carbons (Fsp3) is 0.600. The molecular formula is C10H16Cl2N4. The van der Waals surface area contributed by atoms with Gasteiger partial charge < -0.3 is 10.2 Å². The van der Waals surface area contributed by atoms with E-state index in [1.165, 1.54) is 0 Å². The third-order valence-corrected chi connectivity index (χ3v) is 3.05. The lowest BCUT2D eigenvalue weighted by Gasteiger charge is -2.32. The Labute approximate surface area is 107 Å². The number of hydrogen-bond donors (Lipinski definition) is 1. The van der Waals surface area contributed by atoms with Crippen LogP contribution in [0.2, 0.25) is 5.15 Å². The van der Waals surface area contributed by atoms with E-state index in [1.54, 1.807) is 6.07 Å². The Morgan fingerprint density at radius 3 is 2.50 bits per heavy atom. The van der Waals surface area contributed by atoms with Gasteiger partial charge in [-0.1, -0.05) is 11.6 Å². The molecule has 2 rings (SSSR count). The molecule has 0 bridgehead atoms. The molecule has 6 heteroatoms. The first-order valence-electron chi connectivity index (χ1n) is 5.21. The van der Waals surface area contributed by atoms with Crippen LogP contribution in [0.3, 0.4) is 0 Å². The second-order valence-electron chi connectivity index (χ2n) is 3.76. The number of piperidine rings is 1. The first-order valence-corrected chi connectivity index (χ1v) is 5.59. The highest BCUT2D eigenvalue weighted by Crippen LogP contribution is 2.17. The van der Waals surface area contributed by atoms with Crippen molar-refractivity contribution in [2.45, 2.75) is 18.9 Å². The number of anilines is 1. The van der Waals surface area contributed by atoms with Crippen LogP contribution in [0.15, 0.2) is 12.1 Å². The van der Waals surface area contributed by atoms with Crippen molar-refractivity contribution in [2.75, 3.05) is 25.0 Å². The summed E-state index contributed by atoms with van der Waals surface area (Å²) >= 11 is 5.69. The maximum atomic E-state index is 5.69. The summed E-state index contributed by atoms with van der Waals surface area (Å²) in [6.45, 7) is 2.06. The number of nitrogens with one attached hydrogen (secondary N) is 1. The van der Waals surface area contributed by atoms with Crippen molar-refractivity contribution < 1.29 is 0 Å². The van der Waals surface area contributed by atoms with E-state index in [2.05, 4.69) is 20.4 Å². The highest BCUT2D eigenvalue weighted by atomic mass is 35.5. The average molecular weight is 263 g/mol. The molecule has 2 heterocycles. The SMILES string of the molecule is CNC1CCN(c2ccc(Cl)nn2)CC1.Cl. The van der Waals surface area contributed by atoms with Gasteiger partial charge in [0, 0.05) is 19.1 Å². The molecule has 0 aliphatic carbocycles. The summed E-state index contributed by atoms with van der Waals surface area (Å²) in [6, 6.07) is 4.35. The van der Waals surface area contributed by atoms with Crippen molar-refractivity contribution in [3.05, 3.63) is 17.3 Å². The summed E-state index contributed by atoms with van der Waals surface area (Å²) in [5.41, 5.74) is 0. The number of aromatic nitrogens is 2. The molecule has 1 N–H and O–H groups in total. The molecule has 0 spiro atoms. The minimum Gasteiger partial charge on any atom is -0.355 e. The van der Waals surface area contributed by atoms with Crippen molar-refractivity contribution >= 4 is 29.8 Å². The van der Waals surface area contributed by atoms with E-state index >= 15 is 0 Å². The van der Waals surface area contributed by atoms with Crippen molar-refractivity contribution in [3.8, 4) is 0 Å². The molecule has 1 aliphatic heterocycles. The predicted molar refractivity (Wildman–Crippen MR) is 68.6 cm³/mol. The van der Waals surface area contributed by atoms with E-state index in [4.69, 9.17) is 11.6 Å². The normalized spacial score (nSPS) is 17.0. The molecule has 0 aromatic carbocycles. The van der Waals surface area contributed by atoms with Gasteiger partial charge in [-0.15, -0.1) is 22.6 Å². The van der Waals surface area contributed by atoms with E-state index in [0.29, 0.717) is 11.2 Å². The zero-order valence-corrected chi connectivity index (χ0v) is 10.8. The summed E-state index contributed by atoms with van der Waals surface area (Å²) in [7, 11) is 2.02. The van der Waals surface area contributed by atoms with Crippen LogP contribution in [0.25, 0.3) is 0 Å². The van der Waals surface area contributed by atoms with Gasteiger partial charge in [-0.3, -0.25) is 0 Å². The topological polar surface area (TPSA) is 41.0 Å². The van der Waals surface area contributed by atoms with E-state index < -0.39 is 0 Å². The van der Waals surface area contributed by atoms with Crippen molar-refractivity contribution in [3.63, 3.8) is 0 Å². The van der Waals surface area contributed by atoms with Crippen LogP contribution in [0.1, 0.15) is 12.8 Å². The fourth-order valence-electron chi connectivity index (χ4n) is 1.87. The predicted octanol–water partition coefficient (Wildman–Crippen LogP) is 1.74. The van der Waals surface area contributed by atoms with Crippen LogP contribution >= 0.6 is 24.0 Å². The van der Waals surface area contributed by atoms with Crippen LogP contribution in [0.5, 0.6) is 0 Å². The maximum Gasteiger partial charge on any atom is 0.151 e. The van der Waals surface area contributed by atoms with E-state index in [1.807, 2.05) is 13.1 Å². The minimum atomic E-state index is 0. The first kappa shape index (κ1) is 13.5. The molecule has 90 valence electrons. The standard InChI is InChI=1S/C10H15ClN4.ClH/c1-12-8-4-6-15(7-5-8)10-3-2-9(11)13-14-10;/h2-3,8,12H,4-7H2,1H3;1H. The Morgan fingerprint density at radius 2 is 2.00 bits per heavy atom. The van der Waals surface area contributed by atoms with Gasteiger partial charge in [0.25, 0.3) is 0 Å². The third kappa shape index (κ3) is 3.20. The lowest BCUT2D eigenvalue weighted by atomic mass is 10.1. The molecule has 0 amide bonds.